The van der Waals surface area contributed by atoms with Gasteiger partial charge in [-0.25, -0.2) is 9.68 Å². The summed E-state index contributed by atoms with van der Waals surface area (Å²) in [5, 5.41) is 9.86. The number of carbonyl (C=O) groups is 1. The van der Waals surface area contributed by atoms with Crippen molar-refractivity contribution in [2.75, 3.05) is 31.7 Å². The minimum Gasteiger partial charge on any atom is -0.460 e. The van der Waals surface area contributed by atoms with Crippen molar-refractivity contribution in [2.24, 2.45) is 17.6 Å². The van der Waals surface area contributed by atoms with E-state index in [4.69, 9.17) is 14.8 Å². The molecule has 0 aliphatic heterocycles. The molecule has 1 aliphatic carbocycles. The molecule has 3 unspecified atom stereocenters. The standard InChI is InChI=1S/C25H32N2O5S/c1-18-11-21(18)10-9-20-12-22(14-23(13-20)27(2)33-32-30-3)24(29)31-17-25(26,16-28)15-19-7-5-4-6-8-19/h4-10,12-14,18,21,28H,11,15-17,26H2,1-3H3. The van der Waals surface area contributed by atoms with Crippen molar-refractivity contribution < 1.29 is 23.9 Å². The molecular formula is C25H32N2O5S. The highest BCUT2D eigenvalue weighted by molar-refractivity contribution is 7.95. The number of carbonyl (C=O) groups excluding carboxylic acids is 1. The molecule has 3 N–H and O–H groups in total. The lowest BCUT2D eigenvalue weighted by Gasteiger charge is -2.27. The zero-order valence-electron chi connectivity index (χ0n) is 19.3. The number of rotatable bonds is 12. The van der Waals surface area contributed by atoms with Crippen molar-refractivity contribution in [3.8, 4) is 0 Å². The molecule has 2 aromatic rings. The molecule has 178 valence electrons. The monoisotopic (exact) mass is 472 g/mol. The minimum absolute atomic E-state index is 0.108. The number of aliphatic hydroxyl groups excluding tert-OH is 1. The van der Waals surface area contributed by atoms with Gasteiger partial charge in [0.05, 0.1) is 30.5 Å². The lowest BCUT2D eigenvalue weighted by atomic mass is 9.93. The van der Waals surface area contributed by atoms with Gasteiger partial charge in [0.2, 0.25) is 0 Å². The second-order valence-corrected chi connectivity index (χ2v) is 9.45. The molecule has 2 aromatic carbocycles. The molecule has 0 saturated heterocycles. The van der Waals surface area contributed by atoms with Crippen LogP contribution in [0.1, 0.15) is 34.8 Å². The predicted molar refractivity (Wildman–Crippen MR) is 131 cm³/mol. The van der Waals surface area contributed by atoms with E-state index in [1.807, 2.05) is 42.5 Å². The minimum atomic E-state index is -1.07. The molecule has 1 fully saturated rings. The van der Waals surface area contributed by atoms with E-state index < -0.39 is 11.5 Å². The van der Waals surface area contributed by atoms with Crippen LogP contribution in [0, 0.1) is 11.8 Å². The Bertz CT molecular complexity index is 955. The topological polar surface area (TPSA) is 94.2 Å². The quantitative estimate of drug-likeness (QED) is 0.157. The van der Waals surface area contributed by atoms with E-state index in [1.165, 1.54) is 13.5 Å². The maximum atomic E-state index is 12.9. The van der Waals surface area contributed by atoms with Crippen molar-refractivity contribution in [1.82, 2.24) is 0 Å². The third-order valence-electron chi connectivity index (χ3n) is 5.66. The summed E-state index contributed by atoms with van der Waals surface area (Å²) in [6.07, 6.45) is 5.78. The second kappa shape index (κ2) is 11.7. The van der Waals surface area contributed by atoms with E-state index in [-0.39, 0.29) is 13.2 Å². The molecule has 8 heteroatoms. The van der Waals surface area contributed by atoms with E-state index in [0.717, 1.165) is 29.0 Å². The molecule has 1 aliphatic rings. The third-order valence-corrected chi connectivity index (χ3v) is 6.29. The highest BCUT2D eigenvalue weighted by atomic mass is 32.2. The van der Waals surface area contributed by atoms with E-state index in [2.05, 4.69) is 17.9 Å². The fraction of sp³-hybridized carbons (Fsp3) is 0.400. The maximum Gasteiger partial charge on any atom is 0.338 e. The van der Waals surface area contributed by atoms with Gasteiger partial charge in [-0.2, -0.15) is 0 Å². The summed E-state index contributed by atoms with van der Waals surface area (Å²) >= 11 is 1.00. The van der Waals surface area contributed by atoms with E-state index in [1.54, 1.807) is 23.5 Å². The number of anilines is 1. The largest absolute Gasteiger partial charge is 0.460 e. The van der Waals surface area contributed by atoms with Crippen LogP contribution in [0.5, 0.6) is 0 Å². The number of nitrogens with zero attached hydrogens (tertiary/aromatic N) is 1. The number of benzene rings is 2. The highest BCUT2D eigenvalue weighted by Gasteiger charge is 2.29. The molecule has 3 rings (SSSR count). The van der Waals surface area contributed by atoms with Crippen LogP contribution < -0.4 is 10.0 Å². The Morgan fingerprint density at radius 2 is 2.03 bits per heavy atom. The molecular weight excluding hydrogens is 440 g/mol. The molecule has 33 heavy (non-hydrogen) atoms. The van der Waals surface area contributed by atoms with E-state index >= 15 is 0 Å². The number of aliphatic hydroxyl groups is 1. The Balaban J connectivity index is 1.74. The number of allylic oxidation sites excluding steroid dienone is 1. The maximum absolute atomic E-state index is 12.9. The first-order valence-electron chi connectivity index (χ1n) is 10.9. The van der Waals surface area contributed by atoms with Gasteiger partial charge in [-0.15, -0.1) is 4.33 Å². The van der Waals surface area contributed by atoms with Gasteiger partial charge < -0.3 is 15.6 Å². The van der Waals surface area contributed by atoms with Crippen LogP contribution in [0.3, 0.4) is 0 Å². The zero-order chi connectivity index (χ0) is 23.8. The molecule has 1 saturated carbocycles. The number of hydrogen-bond donors (Lipinski definition) is 2. The fourth-order valence-corrected chi connectivity index (χ4v) is 3.79. The van der Waals surface area contributed by atoms with Gasteiger partial charge in [0, 0.05) is 7.05 Å². The predicted octanol–water partition coefficient (Wildman–Crippen LogP) is 4.02. The molecule has 0 aromatic heterocycles. The van der Waals surface area contributed by atoms with Gasteiger partial charge in [-0.05, 0) is 54.0 Å². The Labute approximate surface area is 199 Å². The van der Waals surface area contributed by atoms with E-state index in [0.29, 0.717) is 23.8 Å². The normalized spacial score (nSPS) is 19.3. The molecule has 3 atom stereocenters. The molecule has 0 bridgehead atoms. The summed E-state index contributed by atoms with van der Waals surface area (Å²) in [6, 6.07) is 15.1. The lowest BCUT2D eigenvalue weighted by Crippen LogP contribution is -2.50. The van der Waals surface area contributed by atoms with Crippen molar-refractivity contribution >= 4 is 30.0 Å². The summed E-state index contributed by atoms with van der Waals surface area (Å²) in [5.41, 5.74) is 8.25. The number of ether oxygens (including phenoxy) is 1. The van der Waals surface area contributed by atoms with Gasteiger partial charge in [0.25, 0.3) is 0 Å². The Hall–Kier alpha value is -2.36. The SMILES string of the molecule is COOSN(C)c1cc(C=CC2CC2C)cc(C(=O)OCC(N)(CO)Cc2ccccc2)c1. The van der Waals surface area contributed by atoms with E-state index in [9.17, 15) is 9.90 Å². The van der Waals surface area contributed by atoms with Gasteiger partial charge >= 0.3 is 5.97 Å². The Kier molecular flexibility index (Phi) is 8.94. The van der Waals surface area contributed by atoms with Crippen LogP contribution in [-0.2, 0) is 20.4 Å². The summed E-state index contributed by atoms with van der Waals surface area (Å²) in [6.45, 7) is 1.80. The number of esters is 1. The fourth-order valence-electron chi connectivity index (χ4n) is 3.45. The molecule has 0 amide bonds. The van der Waals surface area contributed by atoms with Crippen LogP contribution in [0.2, 0.25) is 0 Å². The van der Waals surface area contributed by atoms with Crippen LogP contribution in [0.4, 0.5) is 5.69 Å². The van der Waals surface area contributed by atoms with Crippen LogP contribution in [-0.4, -0.2) is 44.0 Å². The lowest BCUT2D eigenvalue weighted by molar-refractivity contribution is -0.160. The average Bonchev–Trinajstić information content (AvgIpc) is 3.55. The summed E-state index contributed by atoms with van der Waals surface area (Å²) in [4.78, 5) is 17.6. The van der Waals surface area contributed by atoms with Crippen molar-refractivity contribution in [3.05, 3.63) is 71.3 Å². The second-order valence-electron chi connectivity index (χ2n) is 8.61. The summed E-state index contributed by atoms with van der Waals surface area (Å²) in [7, 11) is 3.23. The van der Waals surface area contributed by atoms with Crippen LogP contribution in [0.15, 0.2) is 54.6 Å². The first-order valence-corrected chi connectivity index (χ1v) is 11.6. The molecule has 0 spiro atoms. The Morgan fingerprint density at radius 1 is 1.30 bits per heavy atom. The summed E-state index contributed by atoms with van der Waals surface area (Å²) < 4.78 is 12.2. The van der Waals surface area contributed by atoms with Crippen molar-refractivity contribution in [1.29, 1.82) is 0 Å². The molecule has 0 radical (unpaired) electrons. The van der Waals surface area contributed by atoms with Gasteiger partial charge in [-0.3, -0.25) is 4.31 Å². The zero-order valence-corrected chi connectivity index (χ0v) is 20.1. The number of nitrogens with two attached hydrogens (primary N) is 1. The third kappa shape index (κ3) is 7.58. The first kappa shape index (κ1) is 25.3. The van der Waals surface area contributed by atoms with Crippen LogP contribution >= 0.6 is 12.2 Å². The highest BCUT2D eigenvalue weighted by Crippen LogP contribution is 2.39. The first-order chi connectivity index (χ1) is 15.8. The van der Waals surface area contributed by atoms with Gasteiger partial charge in [-0.1, -0.05) is 49.4 Å². The average molecular weight is 473 g/mol. The van der Waals surface area contributed by atoms with Crippen molar-refractivity contribution in [3.63, 3.8) is 0 Å². The van der Waals surface area contributed by atoms with Crippen molar-refractivity contribution in [2.45, 2.75) is 25.3 Å². The molecule has 0 heterocycles. The number of hydrogen-bond acceptors (Lipinski definition) is 8. The Morgan fingerprint density at radius 3 is 2.67 bits per heavy atom. The molecule has 7 nitrogen and oxygen atoms in total. The van der Waals surface area contributed by atoms with Gasteiger partial charge in [0.15, 0.2) is 12.2 Å². The van der Waals surface area contributed by atoms with Crippen LogP contribution in [0.25, 0.3) is 6.08 Å². The van der Waals surface area contributed by atoms with Gasteiger partial charge in [0.1, 0.15) is 6.61 Å². The smallest absolute Gasteiger partial charge is 0.338 e. The summed E-state index contributed by atoms with van der Waals surface area (Å²) in [5.74, 6) is 0.769.